The zero-order chi connectivity index (χ0) is 26.1. The van der Waals surface area contributed by atoms with Gasteiger partial charge in [-0.15, -0.1) is 15.3 Å². The van der Waals surface area contributed by atoms with Crippen molar-refractivity contribution in [1.29, 1.82) is 0 Å². The van der Waals surface area contributed by atoms with Crippen molar-refractivity contribution in [1.82, 2.24) is 0 Å². The summed E-state index contributed by atoms with van der Waals surface area (Å²) in [6.07, 6.45) is 1.01. The molecule has 6 heteroatoms. The third-order valence-corrected chi connectivity index (χ3v) is 6.83. The van der Waals surface area contributed by atoms with Crippen LogP contribution in [0.25, 0.3) is 21.5 Å². The molecule has 6 rings (SSSR count). The van der Waals surface area contributed by atoms with Gasteiger partial charge in [0, 0.05) is 32.9 Å². The van der Waals surface area contributed by atoms with Gasteiger partial charge in [-0.25, -0.2) is 0 Å². The van der Waals surface area contributed by atoms with Gasteiger partial charge in [-0.3, -0.25) is 0 Å². The van der Waals surface area contributed by atoms with Gasteiger partial charge in [-0.05, 0) is 61.7 Å². The standard InChI is InChI=1S/C32H30N6/c1-21(2)20-32(3)33-29-15-9-14-25-28(18-19-30(34-32)31(25)29)38-37-27-17-16-26(23-12-7-8-13-24(23)27)36-35-22-10-5-4-6-11-22/h4-19,21,33-34H,20H2,1-3H3/b36-35+,38-37+. The predicted molar refractivity (Wildman–Crippen MR) is 158 cm³/mol. The molecule has 0 aliphatic carbocycles. The SMILES string of the molecule is CC(C)CC1(C)Nc2cccc3c(/N=N/c4ccc(/N=N/c5ccccc5)c5ccccc45)ccc(c23)N1. The largest absolute Gasteiger partial charge is 0.362 e. The summed E-state index contributed by atoms with van der Waals surface area (Å²) in [5, 5.41) is 29.9. The molecule has 1 aliphatic rings. The van der Waals surface area contributed by atoms with E-state index in [0.717, 1.165) is 62.1 Å². The number of fused-ring (bicyclic) bond motifs is 1. The van der Waals surface area contributed by atoms with Crippen molar-refractivity contribution in [3.63, 3.8) is 0 Å². The summed E-state index contributed by atoms with van der Waals surface area (Å²) in [5.41, 5.74) is 5.28. The van der Waals surface area contributed by atoms with Crippen LogP contribution in [0.4, 0.5) is 34.1 Å². The van der Waals surface area contributed by atoms with Crippen LogP contribution in [0.1, 0.15) is 27.2 Å². The maximum Gasteiger partial charge on any atom is 0.105 e. The summed E-state index contributed by atoms with van der Waals surface area (Å²) in [4.78, 5) is 0. The predicted octanol–water partition coefficient (Wildman–Crippen LogP) is 10.4. The second-order valence-electron chi connectivity index (χ2n) is 10.4. The van der Waals surface area contributed by atoms with Crippen LogP contribution in [0, 0.1) is 5.92 Å². The Balaban J connectivity index is 1.35. The van der Waals surface area contributed by atoms with E-state index in [1.807, 2.05) is 72.8 Å². The fourth-order valence-corrected chi connectivity index (χ4v) is 5.39. The van der Waals surface area contributed by atoms with Crippen LogP contribution < -0.4 is 10.6 Å². The van der Waals surface area contributed by atoms with Crippen LogP contribution in [0.2, 0.25) is 0 Å². The fourth-order valence-electron chi connectivity index (χ4n) is 5.39. The molecule has 0 fully saturated rings. The molecule has 0 amide bonds. The van der Waals surface area contributed by atoms with E-state index < -0.39 is 0 Å². The Bertz CT molecular complexity index is 1680. The number of azo groups is 2. The number of benzene rings is 5. The summed E-state index contributed by atoms with van der Waals surface area (Å²) < 4.78 is 0. The number of nitrogens with one attached hydrogen (secondary N) is 2. The minimum atomic E-state index is -0.197. The molecule has 1 aliphatic heterocycles. The molecule has 2 N–H and O–H groups in total. The minimum Gasteiger partial charge on any atom is -0.362 e. The summed E-state index contributed by atoms with van der Waals surface area (Å²) >= 11 is 0. The fraction of sp³-hybridized carbons (Fsp3) is 0.188. The van der Waals surface area contributed by atoms with Gasteiger partial charge in [0.2, 0.25) is 0 Å². The van der Waals surface area contributed by atoms with Crippen molar-refractivity contribution in [2.75, 3.05) is 10.6 Å². The van der Waals surface area contributed by atoms with Crippen molar-refractivity contribution in [3.8, 4) is 0 Å². The van der Waals surface area contributed by atoms with Gasteiger partial charge < -0.3 is 10.6 Å². The van der Waals surface area contributed by atoms with Gasteiger partial charge in [-0.2, -0.15) is 5.11 Å². The Morgan fingerprint density at radius 3 is 1.76 bits per heavy atom. The number of hydrogen-bond donors (Lipinski definition) is 2. The zero-order valence-electron chi connectivity index (χ0n) is 21.8. The lowest BCUT2D eigenvalue weighted by molar-refractivity contribution is 0.438. The summed E-state index contributed by atoms with van der Waals surface area (Å²) in [6, 6.07) is 32.2. The van der Waals surface area contributed by atoms with Crippen LogP contribution in [0.15, 0.2) is 118 Å². The highest BCUT2D eigenvalue weighted by molar-refractivity contribution is 6.09. The van der Waals surface area contributed by atoms with E-state index >= 15 is 0 Å². The highest BCUT2D eigenvalue weighted by Gasteiger charge is 2.30. The highest BCUT2D eigenvalue weighted by atomic mass is 15.2. The molecule has 0 radical (unpaired) electrons. The zero-order valence-corrected chi connectivity index (χ0v) is 21.8. The Morgan fingerprint density at radius 1 is 0.579 bits per heavy atom. The van der Waals surface area contributed by atoms with Crippen LogP contribution in [0.3, 0.4) is 0 Å². The average molecular weight is 499 g/mol. The second-order valence-corrected chi connectivity index (χ2v) is 10.4. The number of nitrogens with zero attached hydrogens (tertiary/aromatic N) is 4. The van der Waals surface area contributed by atoms with Crippen molar-refractivity contribution < 1.29 is 0 Å². The van der Waals surface area contributed by atoms with Crippen molar-refractivity contribution in [2.24, 2.45) is 26.4 Å². The molecule has 5 aromatic carbocycles. The molecule has 0 saturated carbocycles. The van der Waals surface area contributed by atoms with E-state index in [-0.39, 0.29) is 5.66 Å². The molecule has 1 atom stereocenters. The molecule has 1 unspecified atom stereocenters. The van der Waals surface area contributed by atoms with E-state index in [1.54, 1.807) is 0 Å². The maximum atomic E-state index is 4.72. The van der Waals surface area contributed by atoms with E-state index in [2.05, 4.69) is 65.9 Å². The maximum absolute atomic E-state index is 4.72. The number of rotatable bonds is 6. The Morgan fingerprint density at radius 2 is 1.11 bits per heavy atom. The molecule has 188 valence electrons. The first-order valence-corrected chi connectivity index (χ1v) is 13.0. The normalized spacial score (nSPS) is 16.9. The minimum absolute atomic E-state index is 0.197. The molecular weight excluding hydrogens is 468 g/mol. The van der Waals surface area contributed by atoms with Gasteiger partial charge in [0.25, 0.3) is 0 Å². The van der Waals surface area contributed by atoms with E-state index in [1.165, 1.54) is 0 Å². The first-order chi connectivity index (χ1) is 18.5. The van der Waals surface area contributed by atoms with E-state index in [0.29, 0.717) is 5.92 Å². The third-order valence-electron chi connectivity index (χ3n) is 6.83. The molecular formula is C32H30N6. The van der Waals surface area contributed by atoms with Gasteiger partial charge in [0.05, 0.1) is 22.7 Å². The summed E-state index contributed by atoms with van der Waals surface area (Å²) in [6.45, 7) is 6.71. The smallest absolute Gasteiger partial charge is 0.105 e. The Hall–Kier alpha value is -4.58. The average Bonchev–Trinajstić information content (AvgIpc) is 2.91. The number of hydrogen-bond acceptors (Lipinski definition) is 6. The second kappa shape index (κ2) is 9.71. The monoisotopic (exact) mass is 498 g/mol. The van der Waals surface area contributed by atoms with Gasteiger partial charge in [-0.1, -0.05) is 68.4 Å². The van der Waals surface area contributed by atoms with Crippen molar-refractivity contribution in [2.45, 2.75) is 32.9 Å². The third kappa shape index (κ3) is 4.61. The first kappa shape index (κ1) is 23.8. The van der Waals surface area contributed by atoms with Gasteiger partial charge in [0.1, 0.15) is 5.66 Å². The van der Waals surface area contributed by atoms with Gasteiger partial charge in [0.15, 0.2) is 0 Å². The van der Waals surface area contributed by atoms with Crippen LogP contribution in [-0.2, 0) is 0 Å². The Kier molecular flexibility index (Phi) is 6.08. The quantitative estimate of drug-likeness (QED) is 0.228. The molecule has 0 spiro atoms. The molecule has 0 bridgehead atoms. The highest BCUT2D eigenvalue weighted by Crippen LogP contribution is 2.43. The molecule has 5 aromatic rings. The molecule has 6 nitrogen and oxygen atoms in total. The molecule has 1 heterocycles. The molecule has 0 saturated heterocycles. The van der Waals surface area contributed by atoms with Gasteiger partial charge >= 0.3 is 0 Å². The van der Waals surface area contributed by atoms with E-state index in [4.69, 9.17) is 10.2 Å². The molecule has 0 aromatic heterocycles. The van der Waals surface area contributed by atoms with Crippen molar-refractivity contribution >= 4 is 55.7 Å². The van der Waals surface area contributed by atoms with E-state index in [9.17, 15) is 0 Å². The summed E-state index contributed by atoms with van der Waals surface area (Å²) in [5.74, 6) is 0.565. The van der Waals surface area contributed by atoms with Crippen LogP contribution >= 0.6 is 0 Å². The Labute approximate surface area is 222 Å². The topological polar surface area (TPSA) is 73.5 Å². The lowest BCUT2D eigenvalue weighted by Crippen LogP contribution is -2.46. The van der Waals surface area contributed by atoms with Crippen LogP contribution in [-0.4, -0.2) is 5.66 Å². The van der Waals surface area contributed by atoms with Crippen molar-refractivity contribution in [3.05, 3.63) is 97.1 Å². The van der Waals surface area contributed by atoms with Crippen LogP contribution in [0.5, 0.6) is 0 Å². The first-order valence-electron chi connectivity index (χ1n) is 13.0. The number of anilines is 2. The molecule has 38 heavy (non-hydrogen) atoms. The summed E-state index contributed by atoms with van der Waals surface area (Å²) in [7, 11) is 0. The lowest BCUT2D eigenvalue weighted by Gasteiger charge is -2.40. The lowest BCUT2D eigenvalue weighted by atomic mass is 9.93.